The SMILES string of the molecule is Cc1cccc(-c2nc3sc(N4CCCCC4)nn3c2NC(=O)c2ccco2)c1. The van der Waals surface area contributed by atoms with Crippen LogP contribution in [-0.4, -0.2) is 33.6 Å². The molecule has 0 bridgehead atoms. The van der Waals surface area contributed by atoms with E-state index in [4.69, 9.17) is 14.5 Å². The molecule has 4 heterocycles. The van der Waals surface area contributed by atoms with Gasteiger partial charge in [-0.2, -0.15) is 4.52 Å². The summed E-state index contributed by atoms with van der Waals surface area (Å²) in [5.74, 6) is 0.492. The summed E-state index contributed by atoms with van der Waals surface area (Å²) in [4.78, 5) is 20.6. The van der Waals surface area contributed by atoms with Crippen LogP contribution in [0.4, 0.5) is 10.9 Å². The van der Waals surface area contributed by atoms with Crippen LogP contribution in [0.5, 0.6) is 0 Å². The fraction of sp³-hybridized carbons (Fsp3) is 0.286. The van der Waals surface area contributed by atoms with Gasteiger partial charge in [0.15, 0.2) is 11.6 Å². The summed E-state index contributed by atoms with van der Waals surface area (Å²) < 4.78 is 7.00. The van der Waals surface area contributed by atoms with Gasteiger partial charge >= 0.3 is 0 Å². The van der Waals surface area contributed by atoms with E-state index in [0.717, 1.165) is 34.3 Å². The lowest BCUT2D eigenvalue weighted by Crippen LogP contribution is -2.29. The molecule has 0 radical (unpaired) electrons. The van der Waals surface area contributed by atoms with E-state index in [0.29, 0.717) is 11.5 Å². The van der Waals surface area contributed by atoms with E-state index in [1.807, 2.05) is 25.1 Å². The summed E-state index contributed by atoms with van der Waals surface area (Å²) in [5, 5.41) is 8.70. The van der Waals surface area contributed by atoms with E-state index in [9.17, 15) is 4.79 Å². The van der Waals surface area contributed by atoms with Gasteiger partial charge in [0.2, 0.25) is 10.1 Å². The maximum atomic E-state index is 12.7. The molecule has 29 heavy (non-hydrogen) atoms. The number of aryl methyl sites for hydroxylation is 1. The van der Waals surface area contributed by atoms with Crippen molar-refractivity contribution >= 4 is 33.2 Å². The van der Waals surface area contributed by atoms with Crippen molar-refractivity contribution in [3.8, 4) is 11.3 Å². The van der Waals surface area contributed by atoms with Crippen molar-refractivity contribution in [3.05, 3.63) is 54.0 Å². The molecule has 7 nitrogen and oxygen atoms in total. The first-order valence-corrected chi connectivity index (χ1v) is 10.6. The molecule has 8 heteroatoms. The van der Waals surface area contributed by atoms with Gasteiger partial charge in [0.25, 0.3) is 5.91 Å². The highest BCUT2D eigenvalue weighted by Crippen LogP contribution is 2.34. The molecule has 1 saturated heterocycles. The van der Waals surface area contributed by atoms with Gasteiger partial charge in [0.1, 0.15) is 5.69 Å². The largest absolute Gasteiger partial charge is 0.459 e. The van der Waals surface area contributed by atoms with Crippen molar-refractivity contribution in [2.75, 3.05) is 23.3 Å². The first kappa shape index (κ1) is 17.9. The minimum atomic E-state index is -0.321. The van der Waals surface area contributed by atoms with Gasteiger partial charge in [-0.15, -0.1) is 5.10 Å². The van der Waals surface area contributed by atoms with Gasteiger partial charge < -0.3 is 14.6 Å². The first-order chi connectivity index (χ1) is 14.2. The molecule has 0 aliphatic carbocycles. The third-order valence-electron chi connectivity index (χ3n) is 5.09. The van der Waals surface area contributed by atoms with Crippen molar-refractivity contribution in [1.29, 1.82) is 0 Å². The van der Waals surface area contributed by atoms with Crippen LogP contribution in [0.15, 0.2) is 47.1 Å². The Morgan fingerprint density at radius 1 is 1.17 bits per heavy atom. The van der Waals surface area contributed by atoms with Gasteiger partial charge in [-0.05, 0) is 44.4 Å². The molecular formula is C21H21N5O2S. The Kier molecular flexibility index (Phi) is 4.55. The van der Waals surface area contributed by atoms with E-state index < -0.39 is 0 Å². The summed E-state index contributed by atoms with van der Waals surface area (Å²) in [6.45, 7) is 4.06. The molecule has 1 N–H and O–H groups in total. The molecule has 1 aliphatic heterocycles. The van der Waals surface area contributed by atoms with E-state index in [2.05, 4.69) is 16.3 Å². The quantitative estimate of drug-likeness (QED) is 0.535. The number of furan rings is 1. The third kappa shape index (κ3) is 3.40. The Morgan fingerprint density at radius 2 is 2.03 bits per heavy atom. The number of nitrogens with one attached hydrogen (secondary N) is 1. The summed E-state index contributed by atoms with van der Waals surface area (Å²) in [6, 6.07) is 11.4. The van der Waals surface area contributed by atoms with E-state index in [-0.39, 0.29) is 11.7 Å². The molecule has 1 aromatic carbocycles. The predicted molar refractivity (Wildman–Crippen MR) is 114 cm³/mol. The Balaban J connectivity index is 1.59. The second kappa shape index (κ2) is 7.36. The van der Waals surface area contributed by atoms with Crippen LogP contribution < -0.4 is 10.2 Å². The average molecular weight is 407 g/mol. The lowest BCUT2D eigenvalue weighted by atomic mass is 10.1. The zero-order chi connectivity index (χ0) is 19.8. The zero-order valence-electron chi connectivity index (χ0n) is 16.1. The monoisotopic (exact) mass is 407 g/mol. The molecule has 0 spiro atoms. The number of carbonyl (C=O) groups excluding carboxylic acids is 1. The number of benzene rings is 1. The Morgan fingerprint density at radius 3 is 2.79 bits per heavy atom. The van der Waals surface area contributed by atoms with Gasteiger partial charge in [-0.25, -0.2) is 4.98 Å². The number of carbonyl (C=O) groups is 1. The molecule has 1 amide bonds. The summed E-state index contributed by atoms with van der Waals surface area (Å²) in [6.07, 6.45) is 5.11. The molecule has 0 saturated carbocycles. The number of amides is 1. The summed E-state index contributed by atoms with van der Waals surface area (Å²) in [7, 11) is 0. The van der Waals surface area contributed by atoms with Gasteiger partial charge in [0, 0.05) is 18.7 Å². The van der Waals surface area contributed by atoms with Crippen LogP contribution in [0.25, 0.3) is 16.2 Å². The Labute approximate surface area is 172 Å². The summed E-state index contributed by atoms with van der Waals surface area (Å²) >= 11 is 1.55. The zero-order valence-corrected chi connectivity index (χ0v) is 16.9. The molecular weight excluding hydrogens is 386 g/mol. The van der Waals surface area contributed by atoms with Crippen molar-refractivity contribution in [2.24, 2.45) is 0 Å². The van der Waals surface area contributed by atoms with Crippen LogP contribution in [0.1, 0.15) is 35.4 Å². The Bertz CT molecular complexity index is 1160. The highest BCUT2D eigenvalue weighted by atomic mass is 32.1. The molecule has 0 atom stereocenters. The molecule has 1 aliphatic rings. The molecule has 3 aromatic heterocycles. The number of imidazole rings is 1. The highest BCUT2D eigenvalue weighted by molar-refractivity contribution is 7.20. The van der Waals surface area contributed by atoms with Crippen molar-refractivity contribution in [1.82, 2.24) is 14.6 Å². The van der Waals surface area contributed by atoms with Crippen LogP contribution in [0, 0.1) is 6.92 Å². The van der Waals surface area contributed by atoms with Crippen molar-refractivity contribution in [3.63, 3.8) is 0 Å². The number of hydrogen-bond donors (Lipinski definition) is 1. The lowest BCUT2D eigenvalue weighted by Gasteiger charge is -2.25. The van der Waals surface area contributed by atoms with Crippen molar-refractivity contribution in [2.45, 2.75) is 26.2 Å². The summed E-state index contributed by atoms with van der Waals surface area (Å²) in [5.41, 5.74) is 2.78. The second-order valence-electron chi connectivity index (χ2n) is 7.24. The van der Waals surface area contributed by atoms with E-state index >= 15 is 0 Å². The molecule has 5 rings (SSSR count). The van der Waals surface area contributed by atoms with Crippen molar-refractivity contribution < 1.29 is 9.21 Å². The fourth-order valence-electron chi connectivity index (χ4n) is 3.63. The highest BCUT2D eigenvalue weighted by Gasteiger charge is 2.23. The molecule has 4 aromatic rings. The molecule has 148 valence electrons. The maximum Gasteiger partial charge on any atom is 0.292 e. The number of aromatic nitrogens is 3. The third-order valence-corrected chi connectivity index (χ3v) is 6.06. The lowest BCUT2D eigenvalue weighted by molar-refractivity contribution is 0.0996. The van der Waals surface area contributed by atoms with Crippen LogP contribution >= 0.6 is 11.3 Å². The topological polar surface area (TPSA) is 75.7 Å². The van der Waals surface area contributed by atoms with Crippen LogP contribution in [-0.2, 0) is 0 Å². The number of nitrogens with zero attached hydrogens (tertiary/aromatic N) is 4. The normalized spacial score (nSPS) is 14.4. The average Bonchev–Trinajstić information content (AvgIpc) is 3.46. The van der Waals surface area contributed by atoms with Crippen LogP contribution in [0.2, 0.25) is 0 Å². The minimum absolute atomic E-state index is 0.252. The van der Waals surface area contributed by atoms with Gasteiger partial charge in [-0.1, -0.05) is 35.1 Å². The van der Waals surface area contributed by atoms with Gasteiger partial charge in [-0.3, -0.25) is 4.79 Å². The number of rotatable bonds is 4. The maximum absolute atomic E-state index is 12.7. The smallest absolute Gasteiger partial charge is 0.292 e. The molecule has 1 fully saturated rings. The second-order valence-corrected chi connectivity index (χ2v) is 8.17. The number of piperidine rings is 1. The first-order valence-electron chi connectivity index (χ1n) is 9.75. The number of fused-ring (bicyclic) bond motifs is 1. The molecule has 0 unspecified atom stereocenters. The predicted octanol–water partition coefficient (Wildman–Crippen LogP) is 4.60. The van der Waals surface area contributed by atoms with Gasteiger partial charge in [0.05, 0.1) is 6.26 Å². The van der Waals surface area contributed by atoms with Crippen LogP contribution in [0.3, 0.4) is 0 Å². The Hall–Kier alpha value is -3.13. The number of hydrogen-bond acceptors (Lipinski definition) is 6. The standard InChI is InChI=1S/C21H21N5O2S/c1-14-7-5-8-15(13-14)17-18(23-19(27)16-9-6-12-28-16)26-20(22-17)29-21(24-26)25-10-3-2-4-11-25/h5-9,12-13H,2-4,10-11H2,1H3,(H,23,27). The number of anilines is 2. The minimum Gasteiger partial charge on any atom is -0.459 e. The fourth-order valence-corrected chi connectivity index (χ4v) is 4.59. The van der Waals surface area contributed by atoms with E-state index in [1.165, 1.54) is 25.5 Å². The van der Waals surface area contributed by atoms with E-state index in [1.54, 1.807) is 28.0 Å².